The molecule has 0 heterocycles. The van der Waals surface area contributed by atoms with Crippen molar-refractivity contribution in [3.63, 3.8) is 0 Å². The second-order valence-corrected chi connectivity index (χ2v) is 4.74. The van der Waals surface area contributed by atoms with Gasteiger partial charge in [-0.25, -0.2) is 0 Å². The minimum absolute atomic E-state index is 0.333. The molecule has 0 saturated heterocycles. The lowest BCUT2D eigenvalue weighted by molar-refractivity contribution is 0.673. The molecule has 0 radical (unpaired) electrons. The molecular weight excluding hydrogens is 225 g/mol. The van der Waals surface area contributed by atoms with Crippen LogP contribution in [0.4, 0.5) is 0 Å². The number of benzene rings is 2. The van der Waals surface area contributed by atoms with Crippen molar-refractivity contribution in [2.45, 2.75) is 12.2 Å². The Morgan fingerprint density at radius 1 is 0.882 bits per heavy atom. The molecular formula is C15H18NP. The molecule has 2 aromatic rings. The summed E-state index contributed by atoms with van der Waals surface area (Å²) in [5.74, 6) is 0.333. The molecule has 17 heavy (non-hydrogen) atoms. The van der Waals surface area contributed by atoms with Gasteiger partial charge in [0, 0.05) is 12.3 Å². The van der Waals surface area contributed by atoms with Crippen LogP contribution in [-0.2, 0) is 6.42 Å². The zero-order valence-corrected chi connectivity index (χ0v) is 11.0. The molecule has 0 bridgehead atoms. The van der Waals surface area contributed by atoms with Crippen LogP contribution >= 0.6 is 9.24 Å². The average molecular weight is 243 g/mol. The Morgan fingerprint density at radius 3 is 2.12 bits per heavy atom. The highest BCUT2D eigenvalue weighted by atomic mass is 31.0. The van der Waals surface area contributed by atoms with E-state index in [0.29, 0.717) is 5.78 Å². The Balaban J connectivity index is 1.79. The highest BCUT2D eigenvalue weighted by Gasteiger charge is 2.02. The summed E-state index contributed by atoms with van der Waals surface area (Å²) < 4.78 is 0. The summed E-state index contributed by atoms with van der Waals surface area (Å²) in [4.78, 5) is 0. The number of nitrogens with one attached hydrogen (secondary N) is 1. The van der Waals surface area contributed by atoms with E-state index in [0.717, 1.165) is 13.0 Å². The smallest absolute Gasteiger partial charge is 0.0463 e. The van der Waals surface area contributed by atoms with Crippen molar-refractivity contribution in [1.29, 1.82) is 0 Å². The fourth-order valence-corrected chi connectivity index (χ4v) is 2.18. The van der Waals surface area contributed by atoms with Crippen LogP contribution in [0.3, 0.4) is 0 Å². The molecule has 0 fully saturated rings. The summed E-state index contributed by atoms with van der Waals surface area (Å²) in [6.07, 6.45) is 1.07. The van der Waals surface area contributed by atoms with E-state index in [1.807, 2.05) is 6.07 Å². The van der Waals surface area contributed by atoms with Crippen LogP contribution in [0.25, 0.3) is 0 Å². The van der Waals surface area contributed by atoms with Crippen molar-refractivity contribution in [3.8, 4) is 0 Å². The van der Waals surface area contributed by atoms with E-state index in [2.05, 4.69) is 69.2 Å². The minimum Gasteiger partial charge on any atom is -0.306 e. The Hall–Kier alpha value is -1.17. The highest BCUT2D eigenvalue weighted by Crippen LogP contribution is 2.18. The fourth-order valence-electron chi connectivity index (χ4n) is 1.79. The van der Waals surface area contributed by atoms with Gasteiger partial charge < -0.3 is 5.32 Å². The first-order chi connectivity index (χ1) is 8.36. The van der Waals surface area contributed by atoms with Gasteiger partial charge in [0.2, 0.25) is 0 Å². The van der Waals surface area contributed by atoms with Crippen LogP contribution in [-0.4, -0.2) is 6.54 Å². The van der Waals surface area contributed by atoms with Gasteiger partial charge in [0.05, 0.1) is 0 Å². The molecule has 2 rings (SSSR count). The van der Waals surface area contributed by atoms with Crippen LogP contribution in [0.15, 0.2) is 60.7 Å². The van der Waals surface area contributed by atoms with Crippen LogP contribution in [0.5, 0.6) is 0 Å². The van der Waals surface area contributed by atoms with Crippen molar-refractivity contribution in [3.05, 3.63) is 71.8 Å². The molecule has 88 valence electrons. The van der Waals surface area contributed by atoms with Crippen molar-refractivity contribution in [2.75, 3.05) is 6.54 Å². The van der Waals surface area contributed by atoms with E-state index in [4.69, 9.17) is 0 Å². The third-order valence-electron chi connectivity index (χ3n) is 2.78. The van der Waals surface area contributed by atoms with Gasteiger partial charge in [0.1, 0.15) is 0 Å². The van der Waals surface area contributed by atoms with Crippen molar-refractivity contribution in [1.82, 2.24) is 5.32 Å². The Morgan fingerprint density at radius 2 is 1.47 bits per heavy atom. The zero-order valence-electron chi connectivity index (χ0n) is 9.84. The quantitative estimate of drug-likeness (QED) is 0.794. The van der Waals surface area contributed by atoms with Gasteiger partial charge in [-0.3, -0.25) is 0 Å². The van der Waals surface area contributed by atoms with Gasteiger partial charge in [-0.1, -0.05) is 60.7 Å². The molecule has 0 aliphatic rings. The van der Waals surface area contributed by atoms with Gasteiger partial charge in [-0.2, -0.15) is 0 Å². The van der Waals surface area contributed by atoms with Crippen molar-refractivity contribution >= 4 is 9.24 Å². The number of rotatable bonds is 5. The minimum atomic E-state index is 0.333. The summed E-state index contributed by atoms with van der Waals surface area (Å²) in [5.41, 5.74) is 2.69. The Labute approximate surface area is 105 Å². The van der Waals surface area contributed by atoms with Crippen LogP contribution < -0.4 is 5.32 Å². The number of hydrogen-bond donors (Lipinski definition) is 1. The van der Waals surface area contributed by atoms with E-state index in [1.165, 1.54) is 11.1 Å². The molecule has 0 aliphatic heterocycles. The maximum absolute atomic E-state index is 3.51. The Bertz CT molecular complexity index is 427. The second kappa shape index (κ2) is 6.54. The third kappa shape index (κ3) is 3.96. The Kier molecular flexibility index (Phi) is 4.73. The molecule has 0 saturated carbocycles. The van der Waals surface area contributed by atoms with E-state index >= 15 is 0 Å². The van der Waals surface area contributed by atoms with Gasteiger partial charge in [0.15, 0.2) is 0 Å². The molecule has 0 spiro atoms. The lowest BCUT2D eigenvalue weighted by Crippen LogP contribution is -2.19. The average Bonchev–Trinajstić information content (AvgIpc) is 2.41. The monoisotopic (exact) mass is 243 g/mol. The first kappa shape index (κ1) is 12.3. The fraction of sp³-hybridized carbons (Fsp3) is 0.200. The topological polar surface area (TPSA) is 12.0 Å². The van der Waals surface area contributed by atoms with Gasteiger partial charge in [0.25, 0.3) is 0 Å². The lowest BCUT2D eigenvalue weighted by Gasteiger charge is -2.13. The predicted molar refractivity (Wildman–Crippen MR) is 77.0 cm³/mol. The predicted octanol–water partition coefficient (Wildman–Crippen LogP) is 3.39. The molecule has 0 aromatic heterocycles. The molecule has 1 nitrogen and oxygen atoms in total. The molecule has 2 heteroatoms. The zero-order chi connectivity index (χ0) is 11.9. The third-order valence-corrected chi connectivity index (χ3v) is 3.40. The van der Waals surface area contributed by atoms with Crippen LogP contribution in [0.2, 0.25) is 0 Å². The van der Waals surface area contributed by atoms with Crippen molar-refractivity contribution in [2.24, 2.45) is 0 Å². The normalized spacial score (nSPS) is 12.3. The van der Waals surface area contributed by atoms with Crippen LogP contribution in [0.1, 0.15) is 16.9 Å². The van der Waals surface area contributed by atoms with Gasteiger partial charge in [-0.05, 0) is 17.5 Å². The standard InChI is InChI=1S/C15H18NP/c17-15(14-9-5-2-6-10-14)16-12-11-13-7-3-1-4-8-13/h1-10,15-16H,11-12,17H2. The van der Waals surface area contributed by atoms with E-state index in [9.17, 15) is 0 Å². The molecule has 1 N–H and O–H groups in total. The molecule has 2 unspecified atom stereocenters. The summed E-state index contributed by atoms with van der Waals surface area (Å²) >= 11 is 0. The van der Waals surface area contributed by atoms with E-state index in [1.54, 1.807) is 0 Å². The van der Waals surface area contributed by atoms with E-state index in [-0.39, 0.29) is 0 Å². The summed E-state index contributed by atoms with van der Waals surface area (Å²) in [6, 6.07) is 21.1. The van der Waals surface area contributed by atoms with Crippen LogP contribution in [0, 0.1) is 0 Å². The summed E-state index contributed by atoms with van der Waals surface area (Å²) in [7, 11) is 2.85. The largest absolute Gasteiger partial charge is 0.306 e. The maximum Gasteiger partial charge on any atom is 0.0463 e. The summed E-state index contributed by atoms with van der Waals surface area (Å²) in [5, 5.41) is 3.51. The lowest BCUT2D eigenvalue weighted by atomic mass is 10.1. The molecule has 0 aliphatic carbocycles. The maximum atomic E-state index is 3.51. The first-order valence-corrected chi connectivity index (χ1v) is 6.61. The molecule has 2 aromatic carbocycles. The SMILES string of the molecule is PC(NCCc1ccccc1)c1ccccc1. The van der Waals surface area contributed by atoms with Gasteiger partial charge >= 0.3 is 0 Å². The molecule has 0 amide bonds. The highest BCUT2D eigenvalue weighted by molar-refractivity contribution is 7.17. The number of hydrogen-bond acceptors (Lipinski definition) is 1. The van der Waals surface area contributed by atoms with Gasteiger partial charge in [-0.15, -0.1) is 9.24 Å². The first-order valence-electron chi connectivity index (χ1n) is 5.94. The second-order valence-electron chi connectivity index (χ2n) is 4.08. The summed E-state index contributed by atoms with van der Waals surface area (Å²) in [6.45, 7) is 0.993. The van der Waals surface area contributed by atoms with Crippen molar-refractivity contribution < 1.29 is 0 Å². The van der Waals surface area contributed by atoms with E-state index < -0.39 is 0 Å². The molecule has 2 atom stereocenters.